The van der Waals surface area contributed by atoms with Gasteiger partial charge in [0.15, 0.2) is 0 Å². The molecule has 4 rings (SSSR count). The molecule has 1 amide bonds. The first-order valence-corrected chi connectivity index (χ1v) is 10.1. The van der Waals surface area contributed by atoms with Gasteiger partial charge in [0.1, 0.15) is 17.3 Å². The van der Waals surface area contributed by atoms with Gasteiger partial charge >= 0.3 is 0 Å². The Bertz CT molecular complexity index is 1060. The van der Waals surface area contributed by atoms with Crippen molar-refractivity contribution in [2.45, 2.75) is 20.8 Å². The number of hydrogen-bond acceptors (Lipinski definition) is 6. The first kappa shape index (κ1) is 20.1. The molecule has 0 spiro atoms. The van der Waals surface area contributed by atoms with Gasteiger partial charge in [0.2, 0.25) is 5.91 Å². The number of aromatic nitrogens is 2. The van der Waals surface area contributed by atoms with Crippen molar-refractivity contribution < 1.29 is 14.3 Å². The summed E-state index contributed by atoms with van der Waals surface area (Å²) in [5.41, 5.74) is 1.81. The van der Waals surface area contributed by atoms with Crippen molar-refractivity contribution >= 4 is 28.4 Å². The zero-order valence-corrected chi connectivity index (χ0v) is 17.5. The van der Waals surface area contributed by atoms with Gasteiger partial charge in [-0.2, -0.15) is 0 Å². The van der Waals surface area contributed by atoms with E-state index in [1.807, 2.05) is 63.2 Å². The summed E-state index contributed by atoms with van der Waals surface area (Å²) in [6.07, 6.45) is 1.80. The Morgan fingerprint density at radius 3 is 2.60 bits per heavy atom. The van der Waals surface area contributed by atoms with E-state index in [1.165, 1.54) is 0 Å². The van der Waals surface area contributed by atoms with E-state index in [2.05, 4.69) is 15.2 Å². The van der Waals surface area contributed by atoms with Gasteiger partial charge in [-0.1, -0.05) is 26.8 Å². The van der Waals surface area contributed by atoms with Crippen LogP contribution in [-0.4, -0.2) is 42.2 Å². The zero-order valence-electron chi connectivity index (χ0n) is 17.5. The number of amides is 1. The highest BCUT2D eigenvalue weighted by Crippen LogP contribution is 2.28. The molecule has 7 nitrogen and oxygen atoms in total. The van der Waals surface area contributed by atoms with Crippen LogP contribution in [0.3, 0.4) is 0 Å². The minimum absolute atomic E-state index is 0.0451. The molecule has 1 saturated heterocycles. The van der Waals surface area contributed by atoms with Crippen molar-refractivity contribution in [1.29, 1.82) is 0 Å². The van der Waals surface area contributed by atoms with Crippen molar-refractivity contribution in [3.8, 4) is 11.5 Å². The number of hydrogen-bond donors (Lipinski definition) is 1. The highest BCUT2D eigenvalue weighted by Gasteiger charge is 2.21. The average Bonchev–Trinajstić information content (AvgIpc) is 2.73. The summed E-state index contributed by atoms with van der Waals surface area (Å²) in [6, 6.07) is 13.0. The lowest BCUT2D eigenvalue weighted by Gasteiger charge is -2.27. The minimum atomic E-state index is -0.466. The molecule has 0 atom stereocenters. The minimum Gasteiger partial charge on any atom is -0.457 e. The van der Waals surface area contributed by atoms with E-state index in [9.17, 15) is 4.79 Å². The fourth-order valence-corrected chi connectivity index (χ4v) is 3.08. The second-order valence-electron chi connectivity index (χ2n) is 8.31. The molecule has 156 valence electrons. The number of anilines is 2. The summed E-state index contributed by atoms with van der Waals surface area (Å²) in [5, 5.41) is 2.92. The Balaban J connectivity index is 1.53. The molecule has 7 heteroatoms. The molecular weight excluding hydrogens is 380 g/mol. The first-order valence-electron chi connectivity index (χ1n) is 10.1. The van der Waals surface area contributed by atoms with E-state index >= 15 is 0 Å². The van der Waals surface area contributed by atoms with Crippen molar-refractivity contribution in [1.82, 2.24) is 9.97 Å². The fourth-order valence-electron chi connectivity index (χ4n) is 3.08. The van der Waals surface area contributed by atoms with E-state index in [0.717, 1.165) is 29.9 Å². The second-order valence-corrected chi connectivity index (χ2v) is 8.31. The van der Waals surface area contributed by atoms with E-state index < -0.39 is 5.41 Å². The Hall–Kier alpha value is -3.19. The quantitative estimate of drug-likeness (QED) is 0.698. The molecule has 0 aliphatic carbocycles. The molecule has 30 heavy (non-hydrogen) atoms. The Morgan fingerprint density at radius 2 is 1.83 bits per heavy atom. The standard InChI is InChI=1S/C23H26N4O3/c1-23(2,3)22(28)25-16-5-4-6-17(13-16)30-18-7-8-19-20(14-18)26-21(15-24-19)27-9-11-29-12-10-27/h4-8,13-15H,9-12H2,1-3H3,(H,25,28). The normalized spacial score (nSPS) is 14.6. The summed E-state index contributed by atoms with van der Waals surface area (Å²) < 4.78 is 11.4. The molecule has 0 radical (unpaired) electrons. The summed E-state index contributed by atoms with van der Waals surface area (Å²) in [5.74, 6) is 2.10. The molecule has 0 unspecified atom stereocenters. The molecule has 1 aliphatic rings. The van der Waals surface area contributed by atoms with Crippen LogP contribution in [0.25, 0.3) is 11.0 Å². The third-order valence-electron chi connectivity index (χ3n) is 4.84. The number of nitrogens with one attached hydrogen (secondary N) is 1. The zero-order chi connectivity index (χ0) is 21.1. The topological polar surface area (TPSA) is 76.6 Å². The predicted molar refractivity (Wildman–Crippen MR) is 117 cm³/mol. The van der Waals surface area contributed by atoms with Gasteiger partial charge in [0, 0.05) is 36.3 Å². The summed E-state index contributed by atoms with van der Waals surface area (Å²) >= 11 is 0. The number of morpholine rings is 1. The van der Waals surface area contributed by atoms with Crippen LogP contribution in [0.1, 0.15) is 20.8 Å². The predicted octanol–water partition coefficient (Wildman–Crippen LogP) is 4.24. The van der Waals surface area contributed by atoms with E-state index in [1.54, 1.807) is 6.20 Å². The third-order valence-corrected chi connectivity index (χ3v) is 4.84. The monoisotopic (exact) mass is 406 g/mol. The lowest BCUT2D eigenvalue weighted by molar-refractivity contribution is -0.123. The van der Waals surface area contributed by atoms with Gasteiger partial charge in [-0.05, 0) is 24.3 Å². The van der Waals surface area contributed by atoms with Gasteiger partial charge in [0.05, 0.1) is 30.4 Å². The van der Waals surface area contributed by atoms with Crippen LogP contribution in [0.5, 0.6) is 11.5 Å². The molecule has 1 aromatic heterocycles. The van der Waals surface area contributed by atoms with Crippen LogP contribution in [-0.2, 0) is 9.53 Å². The molecule has 3 aromatic rings. The molecule has 1 fully saturated rings. The molecular formula is C23H26N4O3. The third kappa shape index (κ3) is 4.68. The largest absolute Gasteiger partial charge is 0.457 e. The van der Waals surface area contributed by atoms with Crippen LogP contribution in [0.2, 0.25) is 0 Å². The maximum Gasteiger partial charge on any atom is 0.229 e. The number of rotatable bonds is 4. The molecule has 0 saturated carbocycles. The lowest BCUT2D eigenvalue weighted by Crippen LogP contribution is -2.36. The maximum absolute atomic E-state index is 12.2. The summed E-state index contributed by atoms with van der Waals surface area (Å²) in [6.45, 7) is 8.65. The molecule has 1 N–H and O–H groups in total. The molecule has 2 heterocycles. The lowest BCUT2D eigenvalue weighted by atomic mass is 9.95. The number of nitrogens with zero attached hydrogens (tertiary/aromatic N) is 3. The van der Waals surface area contributed by atoms with Gasteiger partial charge in [-0.25, -0.2) is 4.98 Å². The van der Waals surface area contributed by atoms with Gasteiger partial charge in [0.25, 0.3) is 0 Å². The fraction of sp³-hybridized carbons (Fsp3) is 0.348. The summed E-state index contributed by atoms with van der Waals surface area (Å²) in [4.78, 5) is 23.7. The van der Waals surface area contributed by atoms with Crippen molar-refractivity contribution in [2.75, 3.05) is 36.5 Å². The number of ether oxygens (including phenoxy) is 2. The Kier molecular flexibility index (Phi) is 5.55. The highest BCUT2D eigenvalue weighted by molar-refractivity contribution is 5.94. The number of fused-ring (bicyclic) bond motifs is 1. The van der Waals surface area contributed by atoms with Crippen molar-refractivity contribution in [3.05, 3.63) is 48.7 Å². The first-order chi connectivity index (χ1) is 14.4. The van der Waals surface area contributed by atoms with Gasteiger partial charge < -0.3 is 19.7 Å². The second kappa shape index (κ2) is 8.28. The van der Waals surface area contributed by atoms with E-state index in [0.29, 0.717) is 30.4 Å². The maximum atomic E-state index is 12.2. The number of carbonyl (C=O) groups excluding carboxylic acids is 1. The number of benzene rings is 2. The van der Waals surface area contributed by atoms with Crippen molar-refractivity contribution in [2.24, 2.45) is 5.41 Å². The van der Waals surface area contributed by atoms with Gasteiger partial charge in [-0.3, -0.25) is 9.78 Å². The molecule has 1 aliphatic heterocycles. The Morgan fingerprint density at radius 1 is 1.07 bits per heavy atom. The summed E-state index contributed by atoms with van der Waals surface area (Å²) in [7, 11) is 0. The van der Waals surface area contributed by atoms with Crippen LogP contribution in [0, 0.1) is 5.41 Å². The molecule has 0 bridgehead atoms. The smallest absolute Gasteiger partial charge is 0.229 e. The van der Waals surface area contributed by atoms with Crippen LogP contribution >= 0.6 is 0 Å². The van der Waals surface area contributed by atoms with Crippen LogP contribution in [0.4, 0.5) is 11.5 Å². The average molecular weight is 406 g/mol. The van der Waals surface area contributed by atoms with Crippen molar-refractivity contribution in [3.63, 3.8) is 0 Å². The van der Waals surface area contributed by atoms with Crippen LogP contribution < -0.4 is 15.0 Å². The number of carbonyl (C=O) groups is 1. The van der Waals surface area contributed by atoms with Gasteiger partial charge in [-0.15, -0.1) is 0 Å². The van der Waals surface area contributed by atoms with E-state index in [-0.39, 0.29) is 5.91 Å². The Labute approximate surface area is 176 Å². The highest BCUT2D eigenvalue weighted by atomic mass is 16.5. The van der Waals surface area contributed by atoms with Crippen LogP contribution in [0.15, 0.2) is 48.7 Å². The SMILES string of the molecule is CC(C)(C)C(=O)Nc1cccc(Oc2ccc3ncc(N4CCOCC4)nc3c2)c1. The van der Waals surface area contributed by atoms with E-state index in [4.69, 9.17) is 14.5 Å². The molecule has 2 aromatic carbocycles.